The minimum Gasteiger partial charge on any atom is -0.344 e. The lowest BCUT2D eigenvalue weighted by atomic mass is 10.1. The lowest BCUT2D eigenvalue weighted by molar-refractivity contribution is 0.0936. The van der Waals surface area contributed by atoms with Crippen molar-refractivity contribution in [3.8, 4) is 0 Å². The van der Waals surface area contributed by atoms with Gasteiger partial charge in [0.25, 0.3) is 5.91 Å². The van der Waals surface area contributed by atoms with Crippen molar-refractivity contribution >= 4 is 22.9 Å². The van der Waals surface area contributed by atoms with Crippen LogP contribution in [0.25, 0.3) is 0 Å². The number of nitrogen functional groups attached to an aromatic ring is 1. The van der Waals surface area contributed by atoms with E-state index in [1.54, 1.807) is 23.5 Å². The molecule has 5 heteroatoms. The third-order valence-electron chi connectivity index (χ3n) is 3.10. The van der Waals surface area contributed by atoms with Crippen LogP contribution in [-0.2, 0) is 0 Å². The number of thiophene rings is 1. The molecule has 0 spiro atoms. The molecule has 1 atom stereocenters. The van der Waals surface area contributed by atoms with Crippen LogP contribution in [0.5, 0.6) is 0 Å². The summed E-state index contributed by atoms with van der Waals surface area (Å²) >= 11 is 1.66. The highest BCUT2D eigenvalue weighted by Gasteiger charge is 2.17. The molecule has 1 amide bonds. The van der Waals surface area contributed by atoms with E-state index < -0.39 is 0 Å². The zero-order valence-corrected chi connectivity index (χ0v) is 12.2. The first kappa shape index (κ1) is 14.6. The molecule has 0 aliphatic rings. The zero-order valence-electron chi connectivity index (χ0n) is 11.4. The molecule has 0 fully saturated rings. The van der Waals surface area contributed by atoms with Gasteiger partial charge in [-0.1, -0.05) is 31.5 Å². The van der Waals surface area contributed by atoms with Gasteiger partial charge in [0.05, 0.1) is 17.3 Å². The summed E-state index contributed by atoms with van der Waals surface area (Å²) in [6.07, 6.45) is 1.93. The largest absolute Gasteiger partial charge is 0.344 e. The Labute approximate surface area is 123 Å². The fourth-order valence-electron chi connectivity index (χ4n) is 2.11. The van der Waals surface area contributed by atoms with Crippen molar-refractivity contribution in [1.82, 2.24) is 5.32 Å². The number of nitrogens with one attached hydrogen (secondary N) is 2. The van der Waals surface area contributed by atoms with Crippen molar-refractivity contribution in [3.63, 3.8) is 0 Å². The van der Waals surface area contributed by atoms with Crippen LogP contribution in [0.1, 0.15) is 41.0 Å². The van der Waals surface area contributed by atoms with Crippen LogP contribution in [0, 0.1) is 0 Å². The van der Waals surface area contributed by atoms with E-state index in [-0.39, 0.29) is 11.9 Å². The third kappa shape index (κ3) is 3.37. The minimum absolute atomic E-state index is 0.0540. The first-order chi connectivity index (χ1) is 9.76. The summed E-state index contributed by atoms with van der Waals surface area (Å²) in [4.78, 5) is 13.6. The molecule has 0 radical (unpaired) electrons. The Bertz CT molecular complexity index is 554. The molecule has 2 rings (SSSR count). The Balaban J connectivity index is 2.16. The van der Waals surface area contributed by atoms with Gasteiger partial charge >= 0.3 is 0 Å². The van der Waals surface area contributed by atoms with Gasteiger partial charge in [-0.3, -0.25) is 10.6 Å². The lowest BCUT2D eigenvalue weighted by Crippen LogP contribution is -2.29. The van der Waals surface area contributed by atoms with E-state index in [1.165, 1.54) is 4.88 Å². The minimum atomic E-state index is -0.106. The first-order valence-electron chi connectivity index (χ1n) is 6.66. The van der Waals surface area contributed by atoms with Crippen molar-refractivity contribution in [3.05, 3.63) is 52.2 Å². The van der Waals surface area contributed by atoms with Gasteiger partial charge in [0, 0.05) is 4.88 Å². The molecule has 0 saturated carbocycles. The summed E-state index contributed by atoms with van der Waals surface area (Å²) < 4.78 is 0. The molecule has 20 heavy (non-hydrogen) atoms. The molecule has 4 nitrogen and oxygen atoms in total. The number of hydrogen-bond donors (Lipinski definition) is 3. The second-order valence-electron chi connectivity index (χ2n) is 4.52. The Morgan fingerprint density at radius 3 is 2.75 bits per heavy atom. The SMILES string of the molecule is CCCC(NC(=O)c1ccccc1NN)c1cccs1. The Morgan fingerprint density at radius 2 is 2.10 bits per heavy atom. The highest BCUT2D eigenvalue weighted by molar-refractivity contribution is 7.10. The molecule has 106 valence electrons. The monoisotopic (exact) mass is 289 g/mol. The summed E-state index contributed by atoms with van der Waals surface area (Å²) in [6, 6.07) is 11.3. The molecule has 0 aliphatic carbocycles. The molecule has 0 bridgehead atoms. The van der Waals surface area contributed by atoms with E-state index in [2.05, 4.69) is 23.7 Å². The maximum Gasteiger partial charge on any atom is 0.253 e. The summed E-state index contributed by atoms with van der Waals surface area (Å²) in [5, 5.41) is 5.11. The highest BCUT2D eigenvalue weighted by Crippen LogP contribution is 2.24. The van der Waals surface area contributed by atoms with E-state index in [0.717, 1.165) is 12.8 Å². The second kappa shape index (κ2) is 7.07. The molecule has 4 N–H and O–H groups in total. The van der Waals surface area contributed by atoms with Crippen LogP contribution in [0.15, 0.2) is 41.8 Å². The van der Waals surface area contributed by atoms with Gasteiger partial charge in [0.2, 0.25) is 0 Å². The predicted octanol–water partition coefficient (Wildman–Crippen LogP) is 3.30. The van der Waals surface area contributed by atoms with Gasteiger partial charge in [-0.05, 0) is 30.0 Å². The molecular formula is C15H19N3OS. The molecule has 1 unspecified atom stereocenters. The van der Waals surface area contributed by atoms with Gasteiger partial charge in [-0.15, -0.1) is 11.3 Å². The van der Waals surface area contributed by atoms with Crippen LogP contribution in [0.4, 0.5) is 5.69 Å². The number of benzene rings is 1. The van der Waals surface area contributed by atoms with Crippen molar-refractivity contribution < 1.29 is 4.79 Å². The molecule has 1 aromatic heterocycles. The Hall–Kier alpha value is -1.85. The average molecular weight is 289 g/mol. The number of carbonyl (C=O) groups is 1. The highest BCUT2D eigenvalue weighted by atomic mass is 32.1. The van der Waals surface area contributed by atoms with E-state index in [0.29, 0.717) is 11.3 Å². The topological polar surface area (TPSA) is 67.2 Å². The first-order valence-corrected chi connectivity index (χ1v) is 7.54. The number of nitrogens with two attached hydrogens (primary N) is 1. The van der Waals surface area contributed by atoms with Crippen LogP contribution < -0.4 is 16.6 Å². The predicted molar refractivity (Wildman–Crippen MR) is 83.7 cm³/mol. The quantitative estimate of drug-likeness (QED) is 0.564. The summed E-state index contributed by atoms with van der Waals surface area (Å²) in [6.45, 7) is 2.11. The van der Waals surface area contributed by atoms with Crippen molar-refractivity contribution in [2.75, 3.05) is 5.43 Å². The van der Waals surface area contributed by atoms with Gasteiger partial charge < -0.3 is 10.7 Å². The van der Waals surface area contributed by atoms with Crippen LogP contribution in [0.3, 0.4) is 0 Å². The standard InChI is InChI=1S/C15H19N3OS/c1-2-6-13(14-9-5-10-20-14)17-15(19)11-7-3-4-8-12(11)18-16/h3-5,7-10,13,18H,2,6,16H2,1H3,(H,17,19). The maximum absolute atomic E-state index is 12.4. The number of hydrogen-bond acceptors (Lipinski definition) is 4. The van der Waals surface area contributed by atoms with E-state index in [9.17, 15) is 4.79 Å². The number of carbonyl (C=O) groups excluding carboxylic acids is 1. The Kier molecular flexibility index (Phi) is 5.15. The number of hydrazine groups is 1. The fraction of sp³-hybridized carbons (Fsp3) is 0.267. The summed E-state index contributed by atoms with van der Waals surface area (Å²) in [5.41, 5.74) is 3.75. The number of amides is 1. The molecule has 0 aliphatic heterocycles. The molecule has 1 aromatic carbocycles. The average Bonchev–Trinajstić information content (AvgIpc) is 3.00. The van der Waals surface area contributed by atoms with Crippen LogP contribution in [-0.4, -0.2) is 5.91 Å². The van der Waals surface area contributed by atoms with Crippen molar-refractivity contribution in [2.24, 2.45) is 5.84 Å². The van der Waals surface area contributed by atoms with Crippen LogP contribution in [0.2, 0.25) is 0 Å². The maximum atomic E-state index is 12.4. The van der Waals surface area contributed by atoms with E-state index in [4.69, 9.17) is 5.84 Å². The van der Waals surface area contributed by atoms with Gasteiger partial charge in [-0.25, -0.2) is 0 Å². The van der Waals surface area contributed by atoms with Gasteiger partial charge in [0.1, 0.15) is 0 Å². The third-order valence-corrected chi connectivity index (χ3v) is 4.08. The fourth-order valence-corrected chi connectivity index (χ4v) is 2.92. The molecular weight excluding hydrogens is 270 g/mol. The summed E-state index contributed by atoms with van der Waals surface area (Å²) in [5.74, 6) is 5.34. The smallest absolute Gasteiger partial charge is 0.253 e. The lowest BCUT2D eigenvalue weighted by Gasteiger charge is -2.18. The number of rotatable bonds is 6. The van der Waals surface area contributed by atoms with E-state index in [1.807, 2.05) is 23.6 Å². The zero-order chi connectivity index (χ0) is 14.4. The van der Waals surface area contributed by atoms with Gasteiger partial charge in [0.15, 0.2) is 0 Å². The molecule has 2 aromatic rings. The molecule has 0 saturated heterocycles. The molecule has 1 heterocycles. The second-order valence-corrected chi connectivity index (χ2v) is 5.50. The number of para-hydroxylation sites is 1. The van der Waals surface area contributed by atoms with Gasteiger partial charge in [-0.2, -0.15) is 0 Å². The Morgan fingerprint density at radius 1 is 1.30 bits per heavy atom. The normalized spacial score (nSPS) is 11.9. The van der Waals surface area contributed by atoms with Crippen LogP contribution >= 0.6 is 11.3 Å². The summed E-state index contributed by atoms with van der Waals surface area (Å²) in [7, 11) is 0. The van der Waals surface area contributed by atoms with Crippen molar-refractivity contribution in [2.45, 2.75) is 25.8 Å². The number of anilines is 1. The van der Waals surface area contributed by atoms with Crippen molar-refractivity contribution in [1.29, 1.82) is 0 Å². The van der Waals surface area contributed by atoms with E-state index >= 15 is 0 Å².